The second kappa shape index (κ2) is 10.3. The van der Waals surface area contributed by atoms with Gasteiger partial charge in [0.1, 0.15) is 16.6 Å². The van der Waals surface area contributed by atoms with Crippen LogP contribution >= 0.6 is 11.3 Å². The summed E-state index contributed by atoms with van der Waals surface area (Å²) in [5, 5.41) is 4.17. The summed E-state index contributed by atoms with van der Waals surface area (Å²) in [6.07, 6.45) is 8.61. The molecule has 0 bridgehead atoms. The number of nitrogens with one attached hydrogen (secondary N) is 1. The Bertz CT molecular complexity index is 1460. The van der Waals surface area contributed by atoms with E-state index in [9.17, 15) is 4.79 Å². The Morgan fingerprint density at radius 1 is 1.11 bits per heavy atom. The number of carbonyl (C=O) groups excluding carboxylic acids is 1. The summed E-state index contributed by atoms with van der Waals surface area (Å²) in [6.45, 7) is 4.95. The molecule has 2 aliphatic rings. The molecule has 2 saturated heterocycles. The van der Waals surface area contributed by atoms with Crippen molar-refractivity contribution in [1.29, 1.82) is 0 Å². The van der Waals surface area contributed by atoms with Crippen LogP contribution in [-0.2, 0) is 0 Å². The average Bonchev–Trinajstić information content (AvgIpc) is 3.69. The van der Waals surface area contributed by atoms with Gasteiger partial charge >= 0.3 is 0 Å². The van der Waals surface area contributed by atoms with Gasteiger partial charge in [0, 0.05) is 62.2 Å². The molecule has 2 unspecified atom stereocenters. The second-order valence-electron chi connectivity index (χ2n) is 10.3. The number of likely N-dealkylation sites (N-methyl/N-ethyl adjacent to an activating group) is 2. The first kappa shape index (κ1) is 24.7. The molecule has 0 saturated carbocycles. The van der Waals surface area contributed by atoms with Crippen LogP contribution in [0.4, 0.5) is 17.5 Å². The molecule has 2 aliphatic heterocycles. The predicted molar refractivity (Wildman–Crippen MR) is 152 cm³/mol. The Morgan fingerprint density at radius 2 is 1.95 bits per heavy atom. The number of amides is 1. The lowest BCUT2D eigenvalue weighted by molar-refractivity contribution is 0.0793. The second-order valence-corrected chi connectivity index (χ2v) is 11.3. The molecule has 196 valence electrons. The quantitative estimate of drug-likeness (QED) is 0.387. The lowest BCUT2D eigenvalue weighted by Crippen LogP contribution is -2.34. The smallest absolute Gasteiger partial charge is 0.253 e. The van der Waals surface area contributed by atoms with Crippen molar-refractivity contribution < 1.29 is 4.79 Å². The van der Waals surface area contributed by atoms with E-state index in [4.69, 9.17) is 9.97 Å². The molecule has 3 aromatic heterocycles. The van der Waals surface area contributed by atoms with Crippen LogP contribution in [-0.4, -0.2) is 81.5 Å². The summed E-state index contributed by atoms with van der Waals surface area (Å²) in [4.78, 5) is 38.0. The predicted octanol–water partition coefficient (Wildman–Crippen LogP) is 4.66. The SMILES string of the molecule is CC1CC(N(C)c2cncc(Nc3cc4nc(-c5cccc(C(=O)N6CCCC6)c5)sc4cn3)n2)CN1C. The molecular weight excluding hydrogens is 496 g/mol. The van der Waals surface area contributed by atoms with E-state index < -0.39 is 0 Å². The van der Waals surface area contributed by atoms with Crippen LogP contribution in [0, 0.1) is 0 Å². The van der Waals surface area contributed by atoms with Gasteiger partial charge in [0.2, 0.25) is 0 Å². The van der Waals surface area contributed by atoms with Gasteiger partial charge in [0.15, 0.2) is 5.82 Å². The zero-order valence-corrected chi connectivity index (χ0v) is 22.8. The van der Waals surface area contributed by atoms with Gasteiger partial charge in [-0.05, 0) is 45.4 Å². The third kappa shape index (κ3) is 4.93. The molecule has 10 heteroatoms. The molecule has 38 heavy (non-hydrogen) atoms. The molecule has 2 fully saturated rings. The van der Waals surface area contributed by atoms with Crippen LogP contribution < -0.4 is 10.2 Å². The van der Waals surface area contributed by atoms with Gasteiger partial charge in [-0.2, -0.15) is 0 Å². The molecule has 2 atom stereocenters. The zero-order chi connectivity index (χ0) is 26.2. The van der Waals surface area contributed by atoms with Crippen molar-refractivity contribution >= 4 is 44.9 Å². The summed E-state index contributed by atoms with van der Waals surface area (Å²) in [5.41, 5.74) is 2.51. The van der Waals surface area contributed by atoms with Crippen LogP contribution in [0.5, 0.6) is 0 Å². The van der Waals surface area contributed by atoms with Crippen LogP contribution in [0.1, 0.15) is 36.5 Å². The van der Waals surface area contributed by atoms with Crippen LogP contribution in [0.3, 0.4) is 0 Å². The molecule has 1 aromatic carbocycles. The molecular formula is C28H32N8OS. The molecule has 0 radical (unpaired) electrons. The van der Waals surface area contributed by atoms with Gasteiger partial charge in [0.05, 0.1) is 22.6 Å². The van der Waals surface area contributed by atoms with E-state index in [0.29, 0.717) is 29.3 Å². The first-order chi connectivity index (χ1) is 18.4. The molecule has 1 amide bonds. The lowest BCUT2D eigenvalue weighted by Gasteiger charge is -2.25. The summed E-state index contributed by atoms with van der Waals surface area (Å²) in [6, 6.07) is 10.7. The average molecular weight is 529 g/mol. The monoisotopic (exact) mass is 528 g/mol. The molecule has 5 heterocycles. The minimum absolute atomic E-state index is 0.0991. The molecule has 0 spiro atoms. The van der Waals surface area contributed by atoms with E-state index in [1.54, 1.807) is 23.7 Å². The van der Waals surface area contributed by atoms with Crippen molar-refractivity contribution in [3.63, 3.8) is 0 Å². The van der Waals surface area contributed by atoms with Crippen LogP contribution in [0.15, 0.2) is 48.9 Å². The van der Waals surface area contributed by atoms with Gasteiger partial charge < -0.3 is 20.0 Å². The Balaban J connectivity index is 1.20. The Morgan fingerprint density at radius 3 is 2.74 bits per heavy atom. The fraction of sp³-hybridized carbons (Fsp3) is 0.393. The standard InChI is InChI=1S/C28H32N8OS/c1-18-11-21(17-34(18)2)35(3)26-16-29-15-25(33-26)32-24-13-22-23(14-30-24)38-27(31-22)19-7-6-8-20(12-19)28(37)36-9-4-5-10-36/h6-8,12-16,18,21H,4-5,9-11,17H2,1-3H3,(H,30,32,33). The first-order valence-electron chi connectivity index (χ1n) is 13.1. The van der Waals surface area contributed by atoms with E-state index in [-0.39, 0.29) is 5.91 Å². The first-order valence-corrected chi connectivity index (χ1v) is 13.9. The number of likely N-dealkylation sites (tertiary alicyclic amines) is 2. The van der Waals surface area contributed by atoms with Crippen molar-refractivity contribution in [2.75, 3.05) is 43.9 Å². The number of pyridine rings is 1. The minimum atomic E-state index is 0.0991. The highest BCUT2D eigenvalue weighted by Crippen LogP contribution is 2.32. The van der Waals surface area contributed by atoms with Gasteiger partial charge in [-0.25, -0.2) is 15.0 Å². The molecule has 9 nitrogen and oxygen atoms in total. The Kier molecular flexibility index (Phi) is 6.67. The third-order valence-electron chi connectivity index (χ3n) is 7.68. The number of hydrogen-bond acceptors (Lipinski definition) is 9. The summed E-state index contributed by atoms with van der Waals surface area (Å²) >= 11 is 1.57. The van der Waals surface area contributed by atoms with Gasteiger partial charge in [-0.3, -0.25) is 9.78 Å². The maximum absolute atomic E-state index is 12.9. The van der Waals surface area contributed by atoms with E-state index in [1.165, 1.54) is 0 Å². The number of anilines is 3. The van der Waals surface area contributed by atoms with Crippen LogP contribution in [0.25, 0.3) is 20.8 Å². The Hall–Kier alpha value is -3.63. The number of carbonyl (C=O) groups is 1. The maximum atomic E-state index is 12.9. The fourth-order valence-electron chi connectivity index (χ4n) is 5.26. The van der Waals surface area contributed by atoms with Crippen molar-refractivity contribution in [2.24, 2.45) is 0 Å². The maximum Gasteiger partial charge on any atom is 0.253 e. The van der Waals surface area contributed by atoms with Crippen molar-refractivity contribution in [3.05, 3.63) is 54.5 Å². The highest BCUT2D eigenvalue weighted by Gasteiger charge is 2.29. The number of rotatable bonds is 6. The van der Waals surface area contributed by atoms with Crippen molar-refractivity contribution in [3.8, 4) is 10.6 Å². The highest BCUT2D eigenvalue weighted by atomic mass is 32.1. The third-order valence-corrected chi connectivity index (χ3v) is 8.73. The van der Waals surface area contributed by atoms with Crippen molar-refractivity contribution in [2.45, 2.75) is 38.3 Å². The number of fused-ring (bicyclic) bond motifs is 1. The fourth-order valence-corrected chi connectivity index (χ4v) is 6.17. The Labute approximate surface area is 226 Å². The summed E-state index contributed by atoms with van der Waals surface area (Å²) in [5.74, 6) is 2.24. The lowest BCUT2D eigenvalue weighted by atomic mass is 10.1. The van der Waals surface area contributed by atoms with Gasteiger partial charge in [-0.15, -0.1) is 11.3 Å². The van der Waals surface area contributed by atoms with E-state index in [2.05, 4.69) is 46.1 Å². The van der Waals surface area contributed by atoms with E-state index in [1.807, 2.05) is 41.4 Å². The van der Waals surface area contributed by atoms with Crippen molar-refractivity contribution in [1.82, 2.24) is 29.7 Å². The summed E-state index contributed by atoms with van der Waals surface area (Å²) in [7, 11) is 4.25. The number of benzene rings is 1. The van der Waals surface area contributed by atoms with E-state index >= 15 is 0 Å². The largest absolute Gasteiger partial charge is 0.354 e. The topological polar surface area (TPSA) is 90.4 Å². The number of aromatic nitrogens is 4. The van der Waals surface area contributed by atoms with Crippen LogP contribution in [0.2, 0.25) is 0 Å². The number of thiazole rings is 1. The normalized spacial score (nSPS) is 19.8. The minimum Gasteiger partial charge on any atom is -0.354 e. The van der Waals surface area contributed by atoms with Gasteiger partial charge in [0.25, 0.3) is 5.91 Å². The summed E-state index contributed by atoms with van der Waals surface area (Å²) < 4.78 is 0.987. The molecule has 6 rings (SSSR count). The zero-order valence-electron chi connectivity index (χ0n) is 22.0. The van der Waals surface area contributed by atoms with Gasteiger partial charge in [-0.1, -0.05) is 12.1 Å². The number of hydrogen-bond donors (Lipinski definition) is 1. The molecule has 4 aromatic rings. The highest BCUT2D eigenvalue weighted by molar-refractivity contribution is 7.21. The number of nitrogens with zero attached hydrogens (tertiary/aromatic N) is 7. The van der Waals surface area contributed by atoms with E-state index in [0.717, 1.165) is 65.5 Å². The molecule has 0 aliphatic carbocycles. The molecule has 1 N–H and O–H groups in total.